The zero-order valence-electron chi connectivity index (χ0n) is 13.5. The summed E-state index contributed by atoms with van der Waals surface area (Å²) in [6, 6.07) is 6.60. The van der Waals surface area contributed by atoms with Gasteiger partial charge in [-0.2, -0.15) is 0 Å². The monoisotopic (exact) mass is 330 g/mol. The van der Waals surface area contributed by atoms with Gasteiger partial charge in [-0.1, -0.05) is 13.0 Å². The van der Waals surface area contributed by atoms with E-state index in [2.05, 4.69) is 17.2 Å². The van der Waals surface area contributed by atoms with Crippen molar-refractivity contribution in [2.24, 2.45) is 0 Å². The predicted octanol–water partition coefficient (Wildman–Crippen LogP) is 2.23. The van der Waals surface area contributed by atoms with Gasteiger partial charge in [0, 0.05) is 17.7 Å². The lowest BCUT2D eigenvalue weighted by Crippen LogP contribution is -2.55. The average molecular weight is 330 g/mol. The Morgan fingerprint density at radius 2 is 1.88 bits per heavy atom. The fourth-order valence-corrected chi connectivity index (χ4v) is 3.25. The largest absolute Gasteiger partial charge is 0.346 e. The first-order valence-electron chi connectivity index (χ1n) is 8.25. The molecule has 1 aliphatic carbocycles. The maximum atomic E-state index is 12.5. The van der Waals surface area contributed by atoms with Gasteiger partial charge in [0.05, 0.1) is 19.3 Å². The molecule has 1 aliphatic heterocycles. The smallest absolute Gasteiger partial charge is 0.251 e. The molecule has 2 fully saturated rings. The molecule has 1 saturated heterocycles. The standard InChI is InChI=1S/C18H22N2O4/c1-2-16(21)19-14-8-6-13(7-9-14)17(22)20-15-5-3-4-10-18(15)23-11-12-24-18/h2,6-9,15H,1,3-5,10-12H2,(H,19,21)(H,20,22). The first-order chi connectivity index (χ1) is 11.6. The molecule has 0 radical (unpaired) electrons. The van der Waals surface area contributed by atoms with Crippen LogP contribution < -0.4 is 10.6 Å². The first-order valence-corrected chi connectivity index (χ1v) is 8.25. The summed E-state index contributed by atoms with van der Waals surface area (Å²) >= 11 is 0. The Labute approximate surface area is 141 Å². The normalized spacial score (nSPS) is 22.1. The van der Waals surface area contributed by atoms with Gasteiger partial charge in [-0.05, 0) is 43.2 Å². The van der Waals surface area contributed by atoms with E-state index in [-0.39, 0.29) is 17.9 Å². The quantitative estimate of drug-likeness (QED) is 0.830. The van der Waals surface area contributed by atoms with Crippen LogP contribution in [0.1, 0.15) is 36.0 Å². The maximum Gasteiger partial charge on any atom is 0.251 e. The summed E-state index contributed by atoms with van der Waals surface area (Å²) < 4.78 is 11.6. The second kappa shape index (κ2) is 7.15. The lowest BCUT2D eigenvalue weighted by molar-refractivity contribution is -0.192. The molecule has 1 spiro atoms. The van der Waals surface area contributed by atoms with Gasteiger partial charge in [0.1, 0.15) is 0 Å². The number of hydrogen-bond donors (Lipinski definition) is 2. The van der Waals surface area contributed by atoms with E-state index in [0.29, 0.717) is 24.5 Å². The summed E-state index contributed by atoms with van der Waals surface area (Å²) in [6.07, 6.45) is 4.95. The second-order valence-electron chi connectivity index (χ2n) is 6.05. The van der Waals surface area contributed by atoms with Crippen LogP contribution in [0.3, 0.4) is 0 Å². The van der Waals surface area contributed by atoms with E-state index in [1.807, 2.05) is 0 Å². The fraction of sp³-hybridized carbons (Fsp3) is 0.444. The van der Waals surface area contributed by atoms with Crippen molar-refractivity contribution in [1.29, 1.82) is 0 Å². The van der Waals surface area contributed by atoms with Crippen LogP contribution in [0.4, 0.5) is 5.69 Å². The molecule has 24 heavy (non-hydrogen) atoms. The number of benzene rings is 1. The third kappa shape index (κ3) is 3.49. The number of hydrogen-bond acceptors (Lipinski definition) is 4. The van der Waals surface area contributed by atoms with Crippen molar-refractivity contribution < 1.29 is 19.1 Å². The number of anilines is 1. The molecule has 1 atom stereocenters. The van der Waals surface area contributed by atoms with E-state index in [9.17, 15) is 9.59 Å². The van der Waals surface area contributed by atoms with Crippen LogP contribution in [0, 0.1) is 0 Å². The van der Waals surface area contributed by atoms with E-state index in [0.717, 1.165) is 25.7 Å². The topological polar surface area (TPSA) is 76.7 Å². The lowest BCUT2D eigenvalue weighted by Gasteiger charge is -2.39. The van der Waals surface area contributed by atoms with Crippen LogP contribution in [-0.4, -0.2) is 36.9 Å². The van der Waals surface area contributed by atoms with E-state index in [1.165, 1.54) is 6.08 Å². The number of ether oxygens (including phenoxy) is 2. The van der Waals surface area contributed by atoms with Gasteiger partial charge in [-0.3, -0.25) is 9.59 Å². The van der Waals surface area contributed by atoms with E-state index >= 15 is 0 Å². The highest BCUT2D eigenvalue weighted by Gasteiger charge is 2.46. The van der Waals surface area contributed by atoms with Gasteiger partial charge in [0.15, 0.2) is 5.79 Å². The Bertz CT molecular complexity index is 620. The third-order valence-corrected chi connectivity index (χ3v) is 4.48. The summed E-state index contributed by atoms with van der Waals surface area (Å²) in [5.74, 6) is -1.11. The molecule has 3 rings (SSSR count). The average Bonchev–Trinajstić information content (AvgIpc) is 3.06. The summed E-state index contributed by atoms with van der Waals surface area (Å²) in [4.78, 5) is 23.8. The Morgan fingerprint density at radius 1 is 1.17 bits per heavy atom. The molecular weight excluding hydrogens is 308 g/mol. The van der Waals surface area contributed by atoms with Gasteiger partial charge in [0.25, 0.3) is 5.91 Å². The fourth-order valence-electron chi connectivity index (χ4n) is 3.25. The van der Waals surface area contributed by atoms with Crippen molar-refractivity contribution >= 4 is 17.5 Å². The highest BCUT2D eigenvalue weighted by Crippen LogP contribution is 2.36. The van der Waals surface area contributed by atoms with E-state index in [4.69, 9.17) is 9.47 Å². The molecule has 1 heterocycles. The minimum Gasteiger partial charge on any atom is -0.346 e. The van der Waals surface area contributed by atoms with Gasteiger partial charge in [-0.15, -0.1) is 0 Å². The molecular formula is C18H22N2O4. The Balaban J connectivity index is 1.65. The number of carbonyl (C=O) groups excluding carboxylic acids is 2. The number of carbonyl (C=O) groups is 2. The van der Waals surface area contributed by atoms with Crippen molar-refractivity contribution in [1.82, 2.24) is 5.32 Å². The number of rotatable bonds is 4. The number of nitrogens with one attached hydrogen (secondary N) is 2. The second-order valence-corrected chi connectivity index (χ2v) is 6.05. The van der Waals surface area contributed by atoms with Gasteiger partial charge in [0.2, 0.25) is 5.91 Å². The Morgan fingerprint density at radius 3 is 2.54 bits per heavy atom. The van der Waals surface area contributed by atoms with Crippen molar-refractivity contribution in [2.45, 2.75) is 37.5 Å². The van der Waals surface area contributed by atoms with Crippen molar-refractivity contribution in [3.05, 3.63) is 42.5 Å². The Hall–Kier alpha value is -2.18. The van der Waals surface area contributed by atoms with Crippen molar-refractivity contribution in [3.8, 4) is 0 Å². The zero-order chi connectivity index (χ0) is 17.0. The Kier molecular flexibility index (Phi) is 4.97. The van der Waals surface area contributed by atoms with Crippen LogP contribution in [-0.2, 0) is 14.3 Å². The summed E-state index contributed by atoms with van der Waals surface area (Å²) in [6.45, 7) is 4.55. The van der Waals surface area contributed by atoms with E-state index in [1.54, 1.807) is 24.3 Å². The summed E-state index contributed by atoms with van der Waals surface area (Å²) in [5.41, 5.74) is 1.15. The predicted molar refractivity (Wildman–Crippen MR) is 89.6 cm³/mol. The maximum absolute atomic E-state index is 12.5. The highest BCUT2D eigenvalue weighted by molar-refractivity contribution is 5.99. The van der Waals surface area contributed by atoms with Crippen LogP contribution in [0.5, 0.6) is 0 Å². The molecule has 6 heteroatoms. The SMILES string of the molecule is C=CC(=O)Nc1ccc(C(=O)NC2CCCCC23OCCO3)cc1. The molecule has 1 aromatic carbocycles. The molecule has 2 N–H and O–H groups in total. The minimum absolute atomic E-state index is 0.138. The summed E-state index contributed by atoms with van der Waals surface area (Å²) in [5, 5.41) is 5.70. The molecule has 2 amide bonds. The molecule has 0 bridgehead atoms. The molecule has 0 aromatic heterocycles. The minimum atomic E-state index is -0.661. The van der Waals surface area contributed by atoms with Crippen molar-refractivity contribution in [3.63, 3.8) is 0 Å². The van der Waals surface area contributed by atoms with Crippen LogP contribution in [0.15, 0.2) is 36.9 Å². The molecule has 1 unspecified atom stereocenters. The van der Waals surface area contributed by atoms with E-state index < -0.39 is 5.79 Å². The zero-order valence-corrected chi connectivity index (χ0v) is 13.5. The van der Waals surface area contributed by atoms with Crippen molar-refractivity contribution in [2.75, 3.05) is 18.5 Å². The van der Waals surface area contributed by atoms with Gasteiger partial charge >= 0.3 is 0 Å². The number of amides is 2. The van der Waals surface area contributed by atoms with Crippen LogP contribution in [0.25, 0.3) is 0 Å². The first kappa shape index (κ1) is 16.7. The van der Waals surface area contributed by atoms with Crippen LogP contribution in [0.2, 0.25) is 0 Å². The lowest BCUT2D eigenvalue weighted by atomic mass is 9.88. The molecule has 1 aromatic rings. The molecule has 1 saturated carbocycles. The third-order valence-electron chi connectivity index (χ3n) is 4.48. The molecule has 128 valence electrons. The van der Waals surface area contributed by atoms with Crippen LogP contribution >= 0.6 is 0 Å². The molecule has 2 aliphatic rings. The van der Waals surface area contributed by atoms with Gasteiger partial charge < -0.3 is 20.1 Å². The van der Waals surface area contributed by atoms with Gasteiger partial charge in [-0.25, -0.2) is 0 Å². The highest BCUT2D eigenvalue weighted by atomic mass is 16.7. The molecule has 6 nitrogen and oxygen atoms in total. The summed E-state index contributed by atoms with van der Waals surface area (Å²) in [7, 11) is 0.